The molecule has 0 saturated heterocycles. The van der Waals surface area contributed by atoms with Gasteiger partial charge >= 0.3 is 0 Å². The number of thiocarbonyl (C=S) groups is 1. The molecular weight excluding hydrogens is 244 g/mol. The van der Waals surface area contributed by atoms with Gasteiger partial charge in [-0.1, -0.05) is 18.3 Å². The van der Waals surface area contributed by atoms with E-state index in [0.29, 0.717) is 10.7 Å². The first-order valence-electron chi connectivity index (χ1n) is 5.66. The van der Waals surface area contributed by atoms with Crippen molar-refractivity contribution in [2.75, 3.05) is 11.9 Å². The van der Waals surface area contributed by atoms with Gasteiger partial charge in [0, 0.05) is 31.1 Å². The Bertz CT molecular complexity index is 528. The summed E-state index contributed by atoms with van der Waals surface area (Å²) in [7, 11) is 0. The maximum absolute atomic E-state index is 5.61. The minimum atomic E-state index is 0.302. The molecule has 0 aliphatic heterocycles. The lowest BCUT2D eigenvalue weighted by Gasteiger charge is -2.09. The van der Waals surface area contributed by atoms with Crippen LogP contribution in [-0.2, 0) is 6.42 Å². The molecule has 3 N–H and O–H groups in total. The number of aromatic nitrogens is 2. The Morgan fingerprint density at radius 3 is 2.72 bits per heavy atom. The zero-order chi connectivity index (χ0) is 12.8. The fourth-order valence-electron chi connectivity index (χ4n) is 1.62. The molecule has 0 bridgehead atoms. The van der Waals surface area contributed by atoms with Gasteiger partial charge in [0.25, 0.3) is 0 Å². The summed E-state index contributed by atoms with van der Waals surface area (Å²) >= 11 is 4.96. The number of rotatable bonds is 5. The van der Waals surface area contributed by atoms with Crippen LogP contribution in [0.5, 0.6) is 0 Å². The summed E-state index contributed by atoms with van der Waals surface area (Å²) in [5.41, 5.74) is 8.16. The van der Waals surface area contributed by atoms with Crippen LogP contribution in [-0.4, -0.2) is 21.5 Å². The quantitative estimate of drug-likeness (QED) is 0.800. The third-order valence-electron chi connectivity index (χ3n) is 2.46. The Hall–Kier alpha value is -2.01. The fourth-order valence-corrected chi connectivity index (χ4v) is 1.78. The molecule has 2 aromatic heterocycles. The number of anilines is 1. The largest absolute Gasteiger partial charge is 0.388 e. The lowest BCUT2D eigenvalue weighted by atomic mass is 10.2. The van der Waals surface area contributed by atoms with Gasteiger partial charge in [-0.15, -0.1) is 0 Å². The molecule has 5 heteroatoms. The van der Waals surface area contributed by atoms with Crippen molar-refractivity contribution in [1.82, 2.24) is 9.97 Å². The summed E-state index contributed by atoms with van der Waals surface area (Å²) in [6, 6.07) is 9.65. The van der Waals surface area contributed by atoms with Crippen LogP contribution in [0.3, 0.4) is 0 Å². The lowest BCUT2D eigenvalue weighted by Crippen LogP contribution is -2.16. The Kier molecular flexibility index (Phi) is 4.20. The third kappa shape index (κ3) is 3.24. The topological polar surface area (TPSA) is 63.8 Å². The maximum atomic E-state index is 5.61. The molecule has 2 heterocycles. The smallest absolute Gasteiger partial charge is 0.124 e. The van der Waals surface area contributed by atoms with Crippen molar-refractivity contribution in [2.24, 2.45) is 5.73 Å². The number of hydrogen-bond donors (Lipinski definition) is 2. The Morgan fingerprint density at radius 2 is 2.00 bits per heavy atom. The number of hydrogen-bond acceptors (Lipinski definition) is 4. The Morgan fingerprint density at radius 1 is 1.17 bits per heavy atom. The van der Waals surface area contributed by atoms with Crippen molar-refractivity contribution in [1.29, 1.82) is 0 Å². The van der Waals surface area contributed by atoms with Crippen molar-refractivity contribution < 1.29 is 0 Å². The van der Waals surface area contributed by atoms with Gasteiger partial charge in [0.05, 0.1) is 5.69 Å². The molecule has 0 fully saturated rings. The van der Waals surface area contributed by atoms with E-state index in [4.69, 9.17) is 18.0 Å². The van der Waals surface area contributed by atoms with Crippen LogP contribution in [0.25, 0.3) is 0 Å². The number of nitrogens with one attached hydrogen (secondary N) is 1. The van der Waals surface area contributed by atoms with Crippen molar-refractivity contribution in [3.8, 4) is 0 Å². The molecule has 0 spiro atoms. The molecule has 4 nitrogen and oxygen atoms in total. The van der Waals surface area contributed by atoms with Gasteiger partial charge in [0.15, 0.2) is 0 Å². The molecule has 0 unspecified atom stereocenters. The van der Waals surface area contributed by atoms with Gasteiger partial charge < -0.3 is 11.1 Å². The molecule has 0 aliphatic rings. The fraction of sp³-hybridized carbons (Fsp3) is 0.154. The summed E-state index contributed by atoms with van der Waals surface area (Å²) in [6.45, 7) is 0.762. The van der Waals surface area contributed by atoms with Gasteiger partial charge in [-0.2, -0.15) is 0 Å². The predicted octanol–water partition coefficient (Wildman–Crippen LogP) is 1.77. The molecule has 92 valence electrons. The van der Waals surface area contributed by atoms with Crippen molar-refractivity contribution in [3.05, 3.63) is 54.1 Å². The summed E-state index contributed by atoms with van der Waals surface area (Å²) in [4.78, 5) is 8.72. The van der Waals surface area contributed by atoms with E-state index in [-0.39, 0.29) is 0 Å². The normalized spacial score (nSPS) is 10.0. The maximum Gasteiger partial charge on any atom is 0.124 e. The molecule has 0 aliphatic carbocycles. The summed E-state index contributed by atoms with van der Waals surface area (Å²) in [5, 5.41) is 3.27. The average Bonchev–Trinajstić information content (AvgIpc) is 2.40. The molecule has 0 atom stereocenters. The highest BCUT2D eigenvalue weighted by molar-refractivity contribution is 7.80. The molecule has 0 aromatic carbocycles. The average molecular weight is 258 g/mol. The second kappa shape index (κ2) is 6.07. The van der Waals surface area contributed by atoms with Crippen molar-refractivity contribution in [2.45, 2.75) is 6.42 Å². The van der Waals surface area contributed by atoms with E-state index < -0.39 is 0 Å². The first-order valence-corrected chi connectivity index (χ1v) is 6.07. The van der Waals surface area contributed by atoms with E-state index in [0.717, 1.165) is 24.3 Å². The standard InChI is InChI=1S/C13H14N4S/c14-13(18)12-11(5-3-8-17-12)16-9-6-10-4-1-2-7-15-10/h1-5,7-8,16H,6,9H2,(H2,14,18). The minimum absolute atomic E-state index is 0.302. The molecule has 0 amide bonds. The summed E-state index contributed by atoms with van der Waals surface area (Å²) in [6.07, 6.45) is 4.31. The van der Waals surface area contributed by atoms with Gasteiger partial charge in [0.2, 0.25) is 0 Å². The van der Waals surface area contributed by atoms with Crippen LogP contribution in [0.2, 0.25) is 0 Å². The van der Waals surface area contributed by atoms with E-state index in [1.165, 1.54) is 0 Å². The highest BCUT2D eigenvalue weighted by Crippen LogP contribution is 2.11. The number of pyridine rings is 2. The van der Waals surface area contributed by atoms with E-state index in [9.17, 15) is 0 Å². The van der Waals surface area contributed by atoms with E-state index in [1.807, 2.05) is 30.3 Å². The van der Waals surface area contributed by atoms with E-state index >= 15 is 0 Å². The zero-order valence-electron chi connectivity index (χ0n) is 9.84. The van der Waals surface area contributed by atoms with Crippen LogP contribution in [0.1, 0.15) is 11.4 Å². The minimum Gasteiger partial charge on any atom is -0.388 e. The lowest BCUT2D eigenvalue weighted by molar-refractivity contribution is 0.959. The highest BCUT2D eigenvalue weighted by atomic mass is 32.1. The SMILES string of the molecule is NC(=S)c1ncccc1NCCc1ccccn1. The van der Waals surface area contributed by atoms with E-state index in [1.54, 1.807) is 12.4 Å². The Balaban J connectivity index is 1.97. The van der Waals surface area contributed by atoms with Crippen LogP contribution in [0.4, 0.5) is 5.69 Å². The predicted molar refractivity (Wildman–Crippen MR) is 76.6 cm³/mol. The zero-order valence-corrected chi connectivity index (χ0v) is 10.7. The molecular formula is C13H14N4S. The monoisotopic (exact) mass is 258 g/mol. The Labute approximate surface area is 111 Å². The molecule has 2 rings (SSSR count). The van der Waals surface area contributed by atoms with Gasteiger partial charge in [-0.3, -0.25) is 9.97 Å². The molecule has 0 saturated carbocycles. The van der Waals surface area contributed by atoms with Gasteiger partial charge in [-0.05, 0) is 24.3 Å². The highest BCUT2D eigenvalue weighted by Gasteiger charge is 2.05. The van der Waals surface area contributed by atoms with Crippen LogP contribution >= 0.6 is 12.2 Å². The number of nitrogens with zero attached hydrogens (tertiary/aromatic N) is 2. The summed E-state index contributed by atoms with van der Waals surface area (Å²) < 4.78 is 0. The van der Waals surface area contributed by atoms with Crippen LogP contribution < -0.4 is 11.1 Å². The van der Waals surface area contributed by atoms with Gasteiger partial charge in [0.1, 0.15) is 10.7 Å². The van der Waals surface area contributed by atoms with Crippen molar-refractivity contribution in [3.63, 3.8) is 0 Å². The first-order chi connectivity index (χ1) is 8.77. The first kappa shape index (κ1) is 12.4. The number of nitrogens with two attached hydrogens (primary N) is 1. The molecule has 18 heavy (non-hydrogen) atoms. The van der Waals surface area contributed by atoms with Gasteiger partial charge in [-0.25, -0.2) is 0 Å². The second-order valence-corrected chi connectivity index (χ2v) is 4.20. The van der Waals surface area contributed by atoms with Crippen LogP contribution in [0.15, 0.2) is 42.7 Å². The summed E-state index contributed by atoms with van der Waals surface area (Å²) in [5.74, 6) is 0. The van der Waals surface area contributed by atoms with E-state index in [2.05, 4.69) is 15.3 Å². The third-order valence-corrected chi connectivity index (χ3v) is 2.66. The molecule has 2 aromatic rings. The molecule has 0 radical (unpaired) electrons. The second-order valence-electron chi connectivity index (χ2n) is 3.76. The van der Waals surface area contributed by atoms with Crippen molar-refractivity contribution >= 4 is 22.9 Å². The van der Waals surface area contributed by atoms with Crippen LogP contribution in [0, 0.1) is 0 Å².